The Morgan fingerprint density at radius 1 is 1.10 bits per heavy atom. The van der Waals surface area contributed by atoms with Gasteiger partial charge in [0.1, 0.15) is 5.82 Å². The van der Waals surface area contributed by atoms with Gasteiger partial charge in [0.05, 0.1) is 4.90 Å². The Kier molecular flexibility index (Phi) is 6.01. The zero-order valence-corrected chi connectivity index (χ0v) is 17.5. The van der Waals surface area contributed by atoms with E-state index in [1.165, 1.54) is 21.5 Å². The van der Waals surface area contributed by atoms with Crippen LogP contribution in [0.5, 0.6) is 0 Å². The molecule has 1 aliphatic heterocycles. The van der Waals surface area contributed by atoms with E-state index in [9.17, 15) is 12.8 Å². The SMILES string of the molecule is CN(CCCC1CC(c2cccc(F)c2)NN1)S(=O)(=O)c1ccc2c(c1)CCC2. The molecule has 7 heteroatoms. The van der Waals surface area contributed by atoms with Crippen LogP contribution in [-0.2, 0) is 22.9 Å². The van der Waals surface area contributed by atoms with Crippen LogP contribution in [0.3, 0.4) is 0 Å². The average Bonchev–Trinajstić information content (AvgIpc) is 3.36. The molecule has 4 rings (SSSR count). The van der Waals surface area contributed by atoms with Crippen molar-refractivity contribution >= 4 is 10.0 Å². The number of halogens is 1. The third-order valence-corrected chi connectivity index (χ3v) is 7.89. The first-order valence-electron chi connectivity index (χ1n) is 10.3. The highest BCUT2D eigenvalue weighted by Crippen LogP contribution is 2.27. The van der Waals surface area contributed by atoms with E-state index in [4.69, 9.17) is 0 Å². The lowest BCUT2D eigenvalue weighted by Crippen LogP contribution is -2.32. The summed E-state index contributed by atoms with van der Waals surface area (Å²) in [5.41, 5.74) is 9.85. The maximum atomic E-state index is 13.4. The van der Waals surface area contributed by atoms with Gasteiger partial charge in [0.2, 0.25) is 10.0 Å². The van der Waals surface area contributed by atoms with Crippen molar-refractivity contribution in [1.82, 2.24) is 15.2 Å². The Balaban J connectivity index is 1.29. The quantitative estimate of drug-likeness (QED) is 0.726. The molecule has 0 bridgehead atoms. The third kappa shape index (κ3) is 4.53. The van der Waals surface area contributed by atoms with E-state index < -0.39 is 10.0 Å². The molecular weight excluding hydrogens is 389 g/mol. The monoisotopic (exact) mass is 417 g/mol. The number of rotatable bonds is 7. The minimum Gasteiger partial charge on any atom is -0.254 e. The van der Waals surface area contributed by atoms with E-state index in [-0.39, 0.29) is 17.9 Å². The number of hydrazine groups is 1. The van der Waals surface area contributed by atoms with Gasteiger partial charge < -0.3 is 0 Å². The predicted octanol–water partition coefficient (Wildman–Crippen LogP) is 3.32. The summed E-state index contributed by atoms with van der Waals surface area (Å²) in [5.74, 6) is -0.230. The summed E-state index contributed by atoms with van der Waals surface area (Å²) in [7, 11) is -1.81. The molecule has 0 spiro atoms. The van der Waals surface area contributed by atoms with Crippen molar-refractivity contribution in [3.8, 4) is 0 Å². The normalized spacial score (nSPS) is 21.6. The zero-order chi connectivity index (χ0) is 20.4. The Bertz CT molecular complexity index is 980. The molecular formula is C22H28FN3O2S. The second-order valence-electron chi connectivity index (χ2n) is 8.08. The topological polar surface area (TPSA) is 61.4 Å². The highest BCUT2D eigenvalue weighted by atomic mass is 32.2. The van der Waals surface area contributed by atoms with Crippen LogP contribution in [0.25, 0.3) is 0 Å². The van der Waals surface area contributed by atoms with Gasteiger partial charge in [-0.15, -0.1) is 0 Å². The van der Waals surface area contributed by atoms with Crippen molar-refractivity contribution in [2.45, 2.75) is 55.5 Å². The second-order valence-corrected chi connectivity index (χ2v) is 10.1. The van der Waals surface area contributed by atoms with Crippen molar-refractivity contribution in [3.05, 3.63) is 65.0 Å². The number of nitrogens with one attached hydrogen (secondary N) is 2. The molecule has 5 nitrogen and oxygen atoms in total. The van der Waals surface area contributed by atoms with Gasteiger partial charge in [-0.2, -0.15) is 0 Å². The molecule has 2 aromatic rings. The molecule has 0 radical (unpaired) electrons. The number of fused-ring (bicyclic) bond motifs is 1. The molecule has 29 heavy (non-hydrogen) atoms. The van der Waals surface area contributed by atoms with E-state index in [0.29, 0.717) is 11.4 Å². The third-order valence-electron chi connectivity index (χ3n) is 6.04. The van der Waals surface area contributed by atoms with Gasteiger partial charge >= 0.3 is 0 Å². The van der Waals surface area contributed by atoms with Crippen LogP contribution in [0.4, 0.5) is 4.39 Å². The highest BCUT2D eigenvalue weighted by molar-refractivity contribution is 7.89. The molecule has 2 N–H and O–H groups in total. The number of benzene rings is 2. The summed E-state index contributed by atoms with van der Waals surface area (Å²) in [6.45, 7) is 0.474. The lowest BCUT2D eigenvalue weighted by molar-refractivity contribution is 0.428. The fourth-order valence-corrected chi connectivity index (χ4v) is 5.58. The highest BCUT2D eigenvalue weighted by Gasteiger charge is 2.26. The van der Waals surface area contributed by atoms with Crippen LogP contribution in [0.15, 0.2) is 47.4 Å². The summed E-state index contributed by atoms with van der Waals surface area (Å²) in [6, 6.07) is 12.5. The summed E-state index contributed by atoms with van der Waals surface area (Å²) in [5, 5.41) is 0. The van der Waals surface area contributed by atoms with Crippen LogP contribution >= 0.6 is 0 Å². The van der Waals surface area contributed by atoms with Gasteiger partial charge in [0.15, 0.2) is 0 Å². The van der Waals surface area contributed by atoms with Gasteiger partial charge in [-0.3, -0.25) is 10.9 Å². The molecule has 1 heterocycles. The Morgan fingerprint density at radius 3 is 2.76 bits per heavy atom. The van der Waals surface area contributed by atoms with Crippen LogP contribution in [0.2, 0.25) is 0 Å². The van der Waals surface area contributed by atoms with Crippen LogP contribution < -0.4 is 10.9 Å². The number of hydrogen-bond donors (Lipinski definition) is 2. The number of sulfonamides is 1. The van der Waals surface area contributed by atoms with Crippen molar-refractivity contribution < 1.29 is 12.8 Å². The largest absolute Gasteiger partial charge is 0.254 e. The molecule has 2 aliphatic rings. The molecule has 1 saturated heterocycles. The van der Waals surface area contributed by atoms with Crippen LogP contribution in [0.1, 0.15) is 48.4 Å². The molecule has 2 aromatic carbocycles. The van der Waals surface area contributed by atoms with Crippen molar-refractivity contribution in [1.29, 1.82) is 0 Å². The minimum atomic E-state index is -3.46. The second kappa shape index (κ2) is 8.52. The van der Waals surface area contributed by atoms with Crippen molar-refractivity contribution in [2.75, 3.05) is 13.6 Å². The molecule has 1 aliphatic carbocycles. The van der Waals surface area contributed by atoms with Crippen LogP contribution in [-0.4, -0.2) is 32.4 Å². The van der Waals surface area contributed by atoms with Crippen molar-refractivity contribution in [3.63, 3.8) is 0 Å². The van der Waals surface area contributed by atoms with Gasteiger partial charge in [0, 0.05) is 25.7 Å². The molecule has 2 atom stereocenters. The smallest absolute Gasteiger partial charge is 0.242 e. The van der Waals surface area contributed by atoms with E-state index in [2.05, 4.69) is 10.9 Å². The first-order chi connectivity index (χ1) is 13.9. The fourth-order valence-electron chi connectivity index (χ4n) is 4.32. The van der Waals surface area contributed by atoms with Crippen molar-refractivity contribution in [2.24, 2.45) is 0 Å². The molecule has 2 unspecified atom stereocenters. The lowest BCUT2D eigenvalue weighted by atomic mass is 10.00. The number of hydrogen-bond acceptors (Lipinski definition) is 4. The first-order valence-corrected chi connectivity index (χ1v) is 11.7. The van der Waals surface area contributed by atoms with E-state index >= 15 is 0 Å². The lowest BCUT2D eigenvalue weighted by Gasteiger charge is -2.19. The molecule has 0 saturated carbocycles. The minimum absolute atomic E-state index is 0.0728. The fraction of sp³-hybridized carbons (Fsp3) is 0.455. The summed E-state index contributed by atoms with van der Waals surface area (Å²) in [4.78, 5) is 0.396. The Labute approximate surface area is 172 Å². The summed E-state index contributed by atoms with van der Waals surface area (Å²) in [6.07, 6.45) is 5.58. The molecule has 0 aromatic heterocycles. The van der Waals surface area contributed by atoms with Gasteiger partial charge in [-0.1, -0.05) is 18.2 Å². The first kappa shape index (κ1) is 20.5. The van der Waals surface area contributed by atoms with Gasteiger partial charge in [-0.05, 0) is 79.5 Å². The van der Waals surface area contributed by atoms with E-state index in [1.807, 2.05) is 18.2 Å². The zero-order valence-electron chi connectivity index (χ0n) is 16.7. The van der Waals surface area contributed by atoms with E-state index in [0.717, 1.165) is 44.1 Å². The maximum Gasteiger partial charge on any atom is 0.242 e. The Hall–Kier alpha value is -1.80. The molecule has 0 amide bonds. The summed E-state index contributed by atoms with van der Waals surface area (Å²) < 4.78 is 40.7. The van der Waals surface area contributed by atoms with E-state index in [1.54, 1.807) is 25.2 Å². The number of nitrogens with zero attached hydrogens (tertiary/aromatic N) is 1. The molecule has 156 valence electrons. The van der Waals surface area contributed by atoms with Gasteiger partial charge in [-0.25, -0.2) is 17.1 Å². The number of aryl methyl sites for hydroxylation is 2. The maximum absolute atomic E-state index is 13.4. The standard InChI is InChI=1S/C22H28FN3O2S/c1-26(29(27,28)21-11-10-16-5-2-6-17(16)14-21)12-4-9-20-15-22(25-24-20)18-7-3-8-19(23)13-18/h3,7-8,10-11,13-14,20,22,24-25H,2,4-6,9,12,15H2,1H3. The molecule has 1 fully saturated rings. The average molecular weight is 418 g/mol. The predicted molar refractivity (Wildman–Crippen MR) is 111 cm³/mol. The Morgan fingerprint density at radius 2 is 1.93 bits per heavy atom. The van der Waals surface area contributed by atoms with Crippen LogP contribution in [0, 0.1) is 5.82 Å². The summed E-state index contributed by atoms with van der Waals surface area (Å²) >= 11 is 0. The van der Waals surface area contributed by atoms with Gasteiger partial charge in [0.25, 0.3) is 0 Å².